The molecular weight excluding hydrogens is 422 g/mol. The van der Waals surface area contributed by atoms with Crippen molar-refractivity contribution in [2.45, 2.75) is 57.9 Å². The summed E-state index contributed by atoms with van der Waals surface area (Å²) in [6.45, 7) is 10.8. The van der Waals surface area contributed by atoms with E-state index in [4.69, 9.17) is 26.9 Å². The van der Waals surface area contributed by atoms with E-state index < -0.39 is 0 Å². The topological polar surface area (TPSA) is 68.8 Å². The molecule has 3 saturated heterocycles. The lowest BCUT2D eigenvalue weighted by atomic mass is 10.0. The van der Waals surface area contributed by atoms with E-state index in [2.05, 4.69) is 38.3 Å². The zero-order valence-corrected chi connectivity index (χ0v) is 20.3. The van der Waals surface area contributed by atoms with E-state index in [0.29, 0.717) is 17.1 Å². The van der Waals surface area contributed by atoms with E-state index >= 15 is 0 Å². The molecule has 178 valence electrons. The molecule has 0 unspecified atom stereocenters. The molecule has 0 amide bonds. The van der Waals surface area contributed by atoms with Gasteiger partial charge >= 0.3 is 0 Å². The predicted molar refractivity (Wildman–Crippen MR) is 135 cm³/mol. The maximum Gasteiger partial charge on any atom is 0.232 e. The minimum atomic E-state index is 0.502. The first-order valence-corrected chi connectivity index (χ1v) is 12.9. The van der Waals surface area contributed by atoms with Crippen LogP contribution in [0, 0.1) is 0 Å². The van der Waals surface area contributed by atoms with Crippen molar-refractivity contribution in [2.24, 2.45) is 0 Å². The normalized spacial score (nSPS) is 23.0. The second kappa shape index (κ2) is 12.0. The van der Waals surface area contributed by atoms with Crippen molar-refractivity contribution in [3.63, 3.8) is 0 Å². The number of ether oxygens (including phenoxy) is 1. The minimum absolute atomic E-state index is 0.502. The first-order valence-electron chi connectivity index (χ1n) is 12.4. The molecule has 0 spiro atoms. The first-order chi connectivity index (χ1) is 15.7. The quantitative estimate of drug-likeness (QED) is 0.622. The second-order valence-electron chi connectivity index (χ2n) is 9.18. The summed E-state index contributed by atoms with van der Waals surface area (Å²) in [4.78, 5) is 17.0. The Morgan fingerprint density at radius 3 is 2.47 bits per heavy atom. The van der Waals surface area contributed by atoms with E-state index in [1.54, 1.807) is 0 Å². The SMILES string of the molecule is C[C@H]1CCCCN1c1cc(N2CCCCCC2)nc(NC(=S)NCCN2CCOCC2)n1. The molecule has 0 aromatic carbocycles. The van der Waals surface area contributed by atoms with Gasteiger partial charge in [0.25, 0.3) is 0 Å². The maximum atomic E-state index is 5.57. The van der Waals surface area contributed by atoms with Crippen LogP contribution in [0.5, 0.6) is 0 Å². The maximum absolute atomic E-state index is 5.57. The van der Waals surface area contributed by atoms with Gasteiger partial charge in [-0.3, -0.25) is 4.90 Å². The second-order valence-corrected chi connectivity index (χ2v) is 9.59. The standard InChI is InChI=1S/C23H39N7OS/c1-19-8-4-7-12-30(19)21-18-20(29-10-5-2-3-6-11-29)25-22(26-21)27-23(32)24-9-13-28-14-16-31-17-15-28/h18-19H,2-17H2,1H3,(H2,24,25,26,27,32)/t19-/m0/s1. The molecule has 3 aliphatic heterocycles. The van der Waals surface area contributed by atoms with Crippen molar-refractivity contribution in [3.05, 3.63) is 6.07 Å². The molecule has 1 aromatic heterocycles. The fourth-order valence-corrected chi connectivity index (χ4v) is 5.02. The Morgan fingerprint density at radius 1 is 1.00 bits per heavy atom. The summed E-state index contributed by atoms with van der Waals surface area (Å²) in [5.41, 5.74) is 0. The number of hydrogen-bond donors (Lipinski definition) is 2. The molecule has 4 rings (SSSR count). The van der Waals surface area contributed by atoms with Crippen molar-refractivity contribution in [3.8, 4) is 0 Å². The molecule has 2 N–H and O–H groups in total. The van der Waals surface area contributed by atoms with Crippen LogP contribution >= 0.6 is 12.2 Å². The van der Waals surface area contributed by atoms with Gasteiger partial charge in [-0.1, -0.05) is 12.8 Å². The first kappa shape index (κ1) is 23.4. The number of anilines is 3. The summed E-state index contributed by atoms with van der Waals surface area (Å²) in [5, 5.41) is 7.18. The summed E-state index contributed by atoms with van der Waals surface area (Å²) >= 11 is 5.57. The highest BCUT2D eigenvalue weighted by atomic mass is 32.1. The molecule has 0 bridgehead atoms. The summed E-state index contributed by atoms with van der Waals surface area (Å²) in [5.74, 6) is 2.64. The molecule has 9 heteroatoms. The predicted octanol–water partition coefficient (Wildman–Crippen LogP) is 2.85. The van der Waals surface area contributed by atoms with Gasteiger partial charge in [0.2, 0.25) is 5.95 Å². The monoisotopic (exact) mass is 461 g/mol. The molecule has 8 nitrogen and oxygen atoms in total. The van der Waals surface area contributed by atoms with Gasteiger partial charge in [-0.2, -0.15) is 9.97 Å². The van der Waals surface area contributed by atoms with E-state index in [0.717, 1.165) is 70.7 Å². The van der Waals surface area contributed by atoms with Gasteiger partial charge in [0.1, 0.15) is 11.6 Å². The third-order valence-corrected chi connectivity index (χ3v) is 7.02. The van der Waals surface area contributed by atoms with Crippen LogP contribution in [0.4, 0.5) is 17.6 Å². The lowest BCUT2D eigenvalue weighted by Gasteiger charge is -2.35. The number of morpholine rings is 1. The van der Waals surface area contributed by atoms with Gasteiger partial charge in [-0.15, -0.1) is 0 Å². The van der Waals surface area contributed by atoms with Crippen molar-refractivity contribution < 1.29 is 4.74 Å². The Bertz CT molecular complexity index is 735. The van der Waals surface area contributed by atoms with Gasteiger partial charge < -0.3 is 25.2 Å². The van der Waals surface area contributed by atoms with Crippen LogP contribution in [0.2, 0.25) is 0 Å². The minimum Gasteiger partial charge on any atom is -0.379 e. The summed E-state index contributed by atoms with van der Waals surface area (Å²) in [7, 11) is 0. The molecule has 3 aliphatic rings. The molecule has 0 saturated carbocycles. The number of rotatable bonds is 6. The van der Waals surface area contributed by atoms with Crippen molar-refractivity contribution in [1.29, 1.82) is 0 Å². The van der Waals surface area contributed by atoms with Crippen LogP contribution in [-0.4, -0.2) is 85.0 Å². The molecule has 0 aliphatic carbocycles. The smallest absolute Gasteiger partial charge is 0.232 e. The van der Waals surface area contributed by atoms with Crippen LogP contribution in [0.15, 0.2) is 6.07 Å². The summed E-state index contributed by atoms with van der Waals surface area (Å²) < 4.78 is 5.42. The van der Waals surface area contributed by atoms with E-state index in [9.17, 15) is 0 Å². The van der Waals surface area contributed by atoms with Gasteiger partial charge in [0.05, 0.1) is 13.2 Å². The van der Waals surface area contributed by atoms with Crippen molar-refractivity contribution >= 4 is 34.9 Å². The van der Waals surface area contributed by atoms with Crippen LogP contribution < -0.4 is 20.4 Å². The Labute approximate surface area is 198 Å². The van der Waals surface area contributed by atoms with E-state index in [1.165, 1.54) is 44.9 Å². The molecule has 0 radical (unpaired) electrons. The van der Waals surface area contributed by atoms with Gasteiger partial charge in [-0.25, -0.2) is 0 Å². The molecule has 3 fully saturated rings. The van der Waals surface area contributed by atoms with Crippen LogP contribution in [-0.2, 0) is 4.74 Å². The van der Waals surface area contributed by atoms with Crippen molar-refractivity contribution in [2.75, 3.05) is 74.1 Å². The number of hydrogen-bond acceptors (Lipinski definition) is 7. The van der Waals surface area contributed by atoms with Crippen molar-refractivity contribution in [1.82, 2.24) is 20.2 Å². The highest BCUT2D eigenvalue weighted by Gasteiger charge is 2.23. The molecule has 1 atom stereocenters. The summed E-state index contributed by atoms with van der Waals surface area (Å²) in [6.07, 6.45) is 8.79. The summed E-state index contributed by atoms with van der Waals surface area (Å²) in [6, 6.07) is 2.69. The fourth-order valence-electron chi connectivity index (χ4n) is 4.82. The molecule has 1 aromatic rings. The fraction of sp³-hybridized carbons (Fsp3) is 0.783. The van der Waals surface area contributed by atoms with Gasteiger partial charge in [0.15, 0.2) is 5.11 Å². The molecule has 4 heterocycles. The largest absolute Gasteiger partial charge is 0.379 e. The van der Waals surface area contributed by atoms with E-state index in [1.807, 2.05) is 0 Å². The lowest BCUT2D eigenvalue weighted by molar-refractivity contribution is 0.0389. The molecule has 32 heavy (non-hydrogen) atoms. The Kier molecular flexibility index (Phi) is 8.76. The zero-order chi connectivity index (χ0) is 22.2. The lowest BCUT2D eigenvalue weighted by Crippen LogP contribution is -2.42. The average Bonchev–Trinajstić information content (AvgIpc) is 3.10. The highest BCUT2D eigenvalue weighted by molar-refractivity contribution is 7.80. The van der Waals surface area contributed by atoms with E-state index in [-0.39, 0.29) is 0 Å². The Morgan fingerprint density at radius 2 is 1.72 bits per heavy atom. The zero-order valence-electron chi connectivity index (χ0n) is 19.5. The van der Waals surface area contributed by atoms with Gasteiger partial charge in [0, 0.05) is 57.9 Å². The average molecular weight is 462 g/mol. The van der Waals surface area contributed by atoms with Crippen LogP contribution in [0.1, 0.15) is 51.9 Å². The Hall–Kier alpha value is -1.71. The molecular formula is C23H39N7OS. The number of piperidine rings is 1. The number of aromatic nitrogens is 2. The van der Waals surface area contributed by atoms with Gasteiger partial charge in [-0.05, 0) is 51.2 Å². The third-order valence-electron chi connectivity index (χ3n) is 6.77. The Balaban J connectivity index is 1.43. The number of thiocarbonyl (C=S) groups is 1. The number of nitrogens with zero attached hydrogens (tertiary/aromatic N) is 5. The van der Waals surface area contributed by atoms with Crippen LogP contribution in [0.25, 0.3) is 0 Å². The van der Waals surface area contributed by atoms with Crippen LogP contribution in [0.3, 0.4) is 0 Å². The third kappa shape index (κ3) is 6.65. The number of nitrogens with one attached hydrogen (secondary N) is 2. The highest BCUT2D eigenvalue weighted by Crippen LogP contribution is 2.28.